The molecule has 0 atom stereocenters. The second-order valence-electron chi connectivity index (χ2n) is 6.25. The molecular formula is C13H17F4N3O. The zero-order valence-corrected chi connectivity index (χ0v) is 12.0. The van der Waals surface area contributed by atoms with E-state index < -0.39 is 28.9 Å². The first kappa shape index (κ1) is 15.8. The molecule has 0 radical (unpaired) electrons. The maximum Gasteiger partial charge on any atom is 0.289 e. The molecule has 0 unspecified atom stereocenters. The summed E-state index contributed by atoms with van der Waals surface area (Å²) in [5.74, 6) is -6.88. The van der Waals surface area contributed by atoms with Gasteiger partial charge < -0.3 is 5.73 Å². The lowest BCUT2D eigenvalue weighted by Crippen LogP contribution is -2.47. The number of carbonyl (C=O) groups excluding carboxylic acids is 1. The Morgan fingerprint density at radius 1 is 1.43 bits per heavy atom. The molecule has 1 aliphatic carbocycles. The Balaban J connectivity index is 2.38. The maximum atomic E-state index is 13.5. The van der Waals surface area contributed by atoms with Crippen molar-refractivity contribution >= 4 is 5.91 Å². The monoisotopic (exact) mass is 307 g/mol. The van der Waals surface area contributed by atoms with Gasteiger partial charge in [0, 0.05) is 31.9 Å². The molecule has 1 amide bonds. The van der Waals surface area contributed by atoms with Crippen molar-refractivity contribution in [1.29, 1.82) is 0 Å². The number of nitrogens with zero attached hydrogens (tertiary/aromatic N) is 2. The van der Waals surface area contributed by atoms with E-state index in [0.717, 1.165) is 4.68 Å². The third-order valence-corrected chi connectivity index (χ3v) is 3.74. The first-order chi connectivity index (χ1) is 9.35. The number of hydrogen-bond acceptors (Lipinski definition) is 2. The summed E-state index contributed by atoms with van der Waals surface area (Å²) in [6.07, 6.45) is -0.732. The van der Waals surface area contributed by atoms with Crippen molar-refractivity contribution in [3.05, 3.63) is 17.0 Å². The minimum absolute atomic E-state index is 0.00955. The fourth-order valence-corrected chi connectivity index (χ4v) is 3.07. The van der Waals surface area contributed by atoms with Crippen molar-refractivity contribution in [2.75, 3.05) is 0 Å². The van der Waals surface area contributed by atoms with Gasteiger partial charge in [-0.05, 0) is 12.3 Å². The Morgan fingerprint density at radius 2 is 1.95 bits per heavy atom. The quantitative estimate of drug-likeness (QED) is 0.870. The minimum atomic E-state index is -3.23. The highest BCUT2D eigenvalue weighted by molar-refractivity contribution is 5.92. The molecule has 21 heavy (non-hydrogen) atoms. The molecule has 4 nitrogen and oxygen atoms in total. The number of halogens is 4. The molecule has 0 aliphatic heterocycles. The smallest absolute Gasteiger partial charge is 0.289 e. The van der Waals surface area contributed by atoms with Crippen molar-refractivity contribution in [3.63, 3.8) is 0 Å². The molecule has 1 saturated carbocycles. The van der Waals surface area contributed by atoms with E-state index >= 15 is 0 Å². The molecule has 1 aromatic heterocycles. The summed E-state index contributed by atoms with van der Waals surface area (Å²) in [4.78, 5) is 11.5. The van der Waals surface area contributed by atoms with Crippen molar-refractivity contribution in [2.24, 2.45) is 11.1 Å². The third-order valence-electron chi connectivity index (χ3n) is 3.74. The lowest BCUT2D eigenvalue weighted by atomic mass is 9.67. The number of alkyl halides is 4. The zero-order valence-electron chi connectivity index (χ0n) is 12.0. The van der Waals surface area contributed by atoms with Crippen LogP contribution < -0.4 is 5.73 Å². The summed E-state index contributed by atoms with van der Waals surface area (Å²) in [7, 11) is 0. The van der Waals surface area contributed by atoms with Crippen LogP contribution in [0.15, 0.2) is 0 Å². The van der Waals surface area contributed by atoms with Crippen molar-refractivity contribution in [1.82, 2.24) is 9.78 Å². The highest BCUT2D eigenvalue weighted by Crippen LogP contribution is 2.52. The molecular weight excluding hydrogens is 290 g/mol. The lowest BCUT2D eigenvalue weighted by molar-refractivity contribution is -0.160. The second-order valence-corrected chi connectivity index (χ2v) is 6.25. The first-order valence-corrected chi connectivity index (χ1v) is 6.48. The van der Waals surface area contributed by atoms with Crippen LogP contribution >= 0.6 is 0 Å². The van der Waals surface area contributed by atoms with Gasteiger partial charge in [0.2, 0.25) is 5.92 Å². The molecule has 1 aliphatic rings. The highest BCUT2D eigenvalue weighted by atomic mass is 19.3. The van der Waals surface area contributed by atoms with Crippen molar-refractivity contribution in [3.8, 4) is 0 Å². The van der Waals surface area contributed by atoms with Gasteiger partial charge >= 0.3 is 0 Å². The Labute approximate surface area is 119 Å². The molecule has 1 fully saturated rings. The van der Waals surface area contributed by atoms with Gasteiger partial charge in [-0.2, -0.15) is 13.9 Å². The van der Waals surface area contributed by atoms with Crippen LogP contribution in [0.1, 0.15) is 48.4 Å². The largest absolute Gasteiger partial charge is 0.364 e. The van der Waals surface area contributed by atoms with Gasteiger partial charge in [0.15, 0.2) is 0 Å². The number of nitrogens with two attached hydrogens (primary N) is 1. The first-order valence-electron chi connectivity index (χ1n) is 6.48. The fourth-order valence-electron chi connectivity index (χ4n) is 3.07. The standard InChI is InChI=1S/C13H17F4N3O/c1-7-8(10(18)21)20(19-9(7)12(3,14)15)6-11(2)4-13(16,17)5-11/h4-6H2,1-3H3,(H2,18,21). The Kier molecular flexibility index (Phi) is 3.34. The maximum absolute atomic E-state index is 13.5. The van der Waals surface area contributed by atoms with Crippen LogP contribution in [0.5, 0.6) is 0 Å². The van der Waals surface area contributed by atoms with Gasteiger partial charge in [0.05, 0.1) is 0 Å². The summed E-state index contributed by atoms with van der Waals surface area (Å²) in [6.45, 7) is 3.55. The molecule has 2 rings (SSSR count). The second kappa shape index (κ2) is 4.45. The average molecular weight is 307 g/mol. The van der Waals surface area contributed by atoms with Crippen LogP contribution in [0.25, 0.3) is 0 Å². The Bertz CT molecular complexity index is 581. The predicted octanol–water partition coefficient (Wildman–Crippen LogP) is 2.84. The molecule has 1 aromatic rings. The zero-order chi connectivity index (χ0) is 16.2. The number of hydrogen-bond donors (Lipinski definition) is 1. The Hall–Kier alpha value is -1.60. The number of carbonyl (C=O) groups is 1. The predicted molar refractivity (Wildman–Crippen MR) is 67.3 cm³/mol. The summed E-state index contributed by atoms with van der Waals surface area (Å²) < 4.78 is 54.0. The summed E-state index contributed by atoms with van der Waals surface area (Å²) >= 11 is 0. The van der Waals surface area contributed by atoms with E-state index in [1.165, 1.54) is 6.92 Å². The third kappa shape index (κ3) is 2.89. The van der Waals surface area contributed by atoms with E-state index in [-0.39, 0.29) is 30.6 Å². The topological polar surface area (TPSA) is 60.9 Å². The summed E-state index contributed by atoms with van der Waals surface area (Å²) in [6, 6.07) is 0. The van der Waals surface area contributed by atoms with Crippen LogP contribution in [0.4, 0.5) is 17.6 Å². The van der Waals surface area contributed by atoms with Gasteiger partial charge in [-0.1, -0.05) is 6.92 Å². The molecule has 0 bridgehead atoms. The van der Waals surface area contributed by atoms with Gasteiger partial charge in [-0.25, -0.2) is 8.78 Å². The number of rotatable bonds is 4. The average Bonchev–Trinajstić information content (AvgIpc) is 2.50. The normalized spacial score (nSPS) is 20.1. The molecule has 1 heterocycles. The van der Waals surface area contributed by atoms with Crippen LogP contribution in [-0.4, -0.2) is 21.6 Å². The van der Waals surface area contributed by atoms with E-state index in [0.29, 0.717) is 6.92 Å². The van der Waals surface area contributed by atoms with E-state index in [2.05, 4.69) is 5.10 Å². The van der Waals surface area contributed by atoms with Crippen LogP contribution in [0.2, 0.25) is 0 Å². The Morgan fingerprint density at radius 3 is 2.33 bits per heavy atom. The molecule has 0 spiro atoms. The van der Waals surface area contributed by atoms with Crippen LogP contribution in [0, 0.1) is 12.3 Å². The molecule has 0 aromatic carbocycles. The number of primary amides is 1. The van der Waals surface area contributed by atoms with E-state index in [1.54, 1.807) is 6.92 Å². The number of aromatic nitrogens is 2. The van der Waals surface area contributed by atoms with E-state index in [4.69, 9.17) is 5.73 Å². The van der Waals surface area contributed by atoms with Crippen molar-refractivity contribution < 1.29 is 22.4 Å². The molecule has 0 saturated heterocycles. The summed E-state index contributed by atoms with van der Waals surface area (Å²) in [5, 5.41) is 3.74. The van der Waals surface area contributed by atoms with Gasteiger partial charge in [0.1, 0.15) is 11.4 Å². The van der Waals surface area contributed by atoms with Gasteiger partial charge in [-0.15, -0.1) is 0 Å². The summed E-state index contributed by atoms with van der Waals surface area (Å²) in [5.41, 5.74) is 3.72. The fraction of sp³-hybridized carbons (Fsp3) is 0.692. The minimum Gasteiger partial charge on any atom is -0.364 e. The number of amides is 1. The van der Waals surface area contributed by atoms with Crippen LogP contribution in [-0.2, 0) is 12.5 Å². The van der Waals surface area contributed by atoms with Gasteiger partial charge in [-0.3, -0.25) is 9.48 Å². The van der Waals surface area contributed by atoms with Gasteiger partial charge in [0.25, 0.3) is 11.8 Å². The SMILES string of the molecule is Cc1c(C(C)(F)F)nn(CC2(C)CC(F)(F)C2)c1C(N)=O. The van der Waals surface area contributed by atoms with Crippen LogP contribution in [0.3, 0.4) is 0 Å². The lowest BCUT2D eigenvalue weighted by Gasteiger charge is -2.44. The van der Waals surface area contributed by atoms with E-state index in [9.17, 15) is 22.4 Å². The highest BCUT2D eigenvalue weighted by Gasteiger charge is 2.54. The van der Waals surface area contributed by atoms with E-state index in [1.807, 2.05) is 0 Å². The molecule has 118 valence electrons. The van der Waals surface area contributed by atoms with Crippen molar-refractivity contribution in [2.45, 2.75) is 52.0 Å². The molecule has 2 N–H and O–H groups in total. The molecule has 8 heteroatoms.